The summed E-state index contributed by atoms with van der Waals surface area (Å²) in [6.45, 7) is 8.76. The maximum atomic E-state index is 14.1. The van der Waals surface area contributed by atoms with Crippen molar-refractivity contribution in [1.29, 1.82) is 0 Å². The third-order valence-electron chi connectivity index (χ3n) is 10.3. The minimum absolute atomic E-state index is 0.0363. The van der Waals surface area contributed by atoms with Crippen LogP contribution in [0.2, 0.25) is 0 Å². The Morgan fingerprint density at radius 2 is 1.83 bits per heavy atom. The van der Waals surface area contributed by atoms with Crippen LogP contribution >= 0.6 is 0 Å². The highest BCUT2D eigenvalue weighted by Crippen LogP contribution is 2.57. The molecule has 2 saturated carbocycles. The lowest BCUT2D eigenvalue weighted by molar-refractivity contribution is -0.135. The Morgan fingerprint density at radius 3 is 2.54 bits per heavy atom. The largest absolute Gasteiger partial charge is 0.367 e. The third-order valence-corrected chi connectivity index (χ3v) is 10.3. The second-order valence-electron chi connectivity index (χ2n) is 12.9. The number of anilines is 1. The van der Waals surface area contributed by atoms with Gasteiger partial charge >= 0.3 is 0 Å². The fraction of sp³-hybridized carbons (Fsp3) is 0.613. The summed E-state index contributed by atoms with van der Waals surface area (Å²) in [4.78, 5) is 45.1. The van der Waals surface area contributed by atoms with E-state index >= 15 is 0 Å². The predicted octanol–water partition coefficient (Wildman–Crippen LogP) is 2.92. The molecule has 3 amide bonds. The number of nitrogens with zero attached hydrogens (tertiary/aromatic N) is 5. The Bertz CT molecular complexity index is 1440. The van der Waals surface area contributed by atoms with Gasteiger partial charge in [0.15, 0.2) is 5.69 Å². The summed E-state index contributed by atoms with van der Waals surface area (Å²) in [7, 11) is 0. The molecule has 2 atom stereocenters. The lowest BCUT2D eigenvalue weighted by Crippen LogP contribution is -2.58. The second-order valence-corrected chi connectivity index (χ2v) is 12.9. The third kappa shape index (κ3) is 4.50. The van der Waals surface area contributed by atoms with E-state index in [9.17, 15) is 18.8 Å². The lowest BCUT2D eigenvalue weighted by atomic mass is 10.0. The number of aromatic nitrogens is 2. The molecule has 1 aromatic heterocycles. The summed E-state index contributed by atoms with van der Waals surface area (Å²) in [6.07, 6.45) is 5.40. The fourth-order valence-electron chi connectivity index (χ4n) is 7.62. The Balaban J connectivity index is 1.06. The Labute approximate surface area is 240 Å². The zero-order valence-electron chi connectivity index (χ0n) is 24.2. The van der Waals surface area contributed by atoms with Crippen LogP contribution in [0.25, 0.3) is 0 Å². The normalized spacial score (nSPS) is 24.3. The van der Waals surface area contributed by atoms with E-state index in [0.717, 1.165) is 67.6 Å². The number of nitrogens with one attached hydrogen (secondary N) is 1. The van der Waals surface area contributed by atoms with Crippen molar-refractivity contribution in [3.8, 4) is 0 Å². The molecule has 1 spiro atoms. The van der Waals surface area contributed by atoms with Gasteiger partial charge in [0.25, 0.3) is 5.91 Å². The first-order chi connectivity index (χ1) is 19.6. The van der Waals surface area contributed by atoms with Crippen molar-refractivity contribution in [2.45, 2.75) is 83.3 Å². The number of likely N-dealkylation sites (tertiary alicyclic amines) is 1. The first-order valence-corrected chi connectivity index (χ1v) is 15.1. The molecule has 1 N–H and O–H groups in total. The van der Waals surface area contributed by atoms with E-state index in [4.69, 9.17) is 5.10 Å². The first kappa shape index (κ1) is 26.5. The zero-order valence-corrected chi connectivity index (χ0v) is 24.2. The monoisotopic (exact) mass is 562 g/mol. The van der Waals surface area contributed by atoms with E-state index in [-0.39, 0.29) is 41.7 Å². The minimum atomic E-state index is -0.182. The molecule has 2 aromatic rings. The standard InChI is InChI=1S/C31H39FN6O3/c1-18-19(2)25(5-4-24(18)32)36-12-13-37(31(17-36)8-9-31)27(40)16-38-26-15-21-14-23(21)28(26)29(34-38)30(41)35-10-6-22(7-11-35)33-20(3)39/h4-5,21-23H,6-17H2,1-3H3,(H,33,39)/t21-,23?/m1/s1. The molecule has 0 bridgehead atoms. The van der Waals surface area contributed by atoms with Crippen LogP contribution in [0.5, 0.6) is 0 Å². The number of piperidine rings is 1. The first-order valence-electron chi connectivity index (χ1n) is 15.1. The lowest BCUT2D eigenvalue weighted by Gasteiger charge is -2.44. The Morgan fingerprint density at radius 1 is 1.07 bits per heavy atom. The average Bonchev–Trinajstić information content (AvgIpc) is 3.83. The summed E-state index contributed by atoms with van der Waals surface area (Å²) >= 11 is 0. The highest BCUT2D eigenvalue weighted by Gasteiger charge is 2.54. The van der Waals surface area contributed by atoms with Crippen molar-refractivity contribution >= 4 is 23.4 Å². The van der Waals surface area contributed by atoms with Gasteiger partial charge in [-0.25, -0.2) is 4.39 Å². The van der Waals surface area contributed by atoms with E-state index < -0.39 is 0 Å². The van der Waals surface area contributed by atoms with Gasteiger partial charge in [0.1, 0.15) is 12.4 Å². The van der Waals surface area contributed by atoms with Gasteiger partial charge in [0.05, 0.1) is 5.54 Å². The van der Waals surface area contributed by atoms with Gasteiger partial charge in [0, 0.05) is 62.6 Å². The van der Waals surface area contributed by atoms with Crippen molar-refractivity contribution in [3.63, 3.8) is 0 Å². The SMILES string of the molecule is CC(=O)NC1CCN(C(=O)c2nn(CC(=O)N3CCN(c4ccc(F)c(C)c4C)CC34CC4)c3c2C2C[C@@H]2C3)CC1. The molecule has 3 heterocycles. The number of piperazine rings is 1. The minimum Gasteiger partial charge on any atom is -0.367 e. The molecule has 41 heavy (non-hydrogen) atoms. The van der Waals surface area contributed by atoms with E-state index in [0.29, 0.717) is 49.3 Å². The topological polar surface area (TPSA) is 90.8 Å². The van der Waals surface area contributed by atoms with Crippen molar-refractivity contribution < 1.29 is 18.8 Å². The van der Waals surface area contributed by atoms with Crippen molar-refractivity contribution in [2.24, 2.45) is 5.92 Å². The molecule has 2 saturated heterocycles. The van der Waals surface area contributed by atoms with Crippen LogP contribution in [-0.4, -0.2) is 81.6 Å². The second kappa shape index (κ2) is 9.56. The van der Waals surface area contributed by atoms with Crippen molar-refractivity contribution in [2.75, 3.05) is 37.6 Å². The van der Waals surface area contributed by atoms with Crippen molar-refractivity contribution in [1.82, 2.24) is 24.9 Å². The molecule has 3 aliphatic carbocycles. The van der Waals surface area contributed by atoms with Crippen molar-refractivity contribution in [3.05, 3.63) is 46.0 Å². The van der Waals surface area contributed by atoms with Crippen LogP contribution in [0, 0.1) is 25.6 Å². The van der Waals surface area contributed by atoms with Gasteiger partial charge in [-0.1, -0.05) is 0 Å². The highest BCUT2D eigenvalue weighted by atomic mass is 19.1. The van der Waals surface area contributed by atoms with E-state index in [2.05, 4.69) is 10.2 Å². The molecule has 1 unspecified atom stereocenters. The fourth-order valence-corrected chi connectivity index (χ4v) is 7.62. The summed E-state index contributed by atoms with van der Waals surface area (Å²) in [5, 5.41) is 7.78. The van der Waals surface area contributed by atoms with Gasteiger partial charge in [0.2, 0.25) is 11.8 Å². The van der Waals surface area contributed by atoms with Gasteiger partial charge in [-0.3, -0.25) is 19.1 Å². The summed E-state index contributed by atoms with van der Waals surface area (Å²) in [5.41, 5.74) is 5.18. The molecular weight excluding hydrogens is 523 g/mol. The number of carbonyl (C=O) groups is 3. The molecule has 9 nitrogen and oxygen atoms in total. The number of amides is 3. The van der Waals surface area contributed by atoms with E-state index in [1.807, 2.05) is 34.4 Å². The maximum Gasteiger partial charge on any atom is 0.274 e. The number of benzene rings is 1. The molecule has 10 heteroatoms. The van der Waals surface area contributed by atoms with Crippen LogP contribution in [0.3, 0.4) is 0 Å². The Kier molecular flexibility index (Phi) is 6.17. The number of fused-ring (bicyclic) bond motifs is 3. The van der Waals surface area contributed by atoms with Gasteiger partial charge < -0.3 is 20.0 Å². The Hall–Kier alpha value is -3.43. The van der Waals surface area contributed by atoms with Crippen LogP contribution in [0.4, 0.5) is 10.1 Å². The summed E-state index contributed by atoms with van der Waals surface area (Å²) < 4.78 is 15.9. The number of carbonyl (C=O) groups excluding carboxylic acids is 3. The number of halogens is 1. The molecule has 7 rings (SSSR count). The molecular formula is C31H39FN6O3. The number of rotatable bonds is 5. The maximum absolute atomic E-state index is 14.1. The van der Waals surface area contributed by atoms with Crippen LogP contribution < -0.4 is 10.2 Å². The highest BCUT2D eigenvalue weighted by molar-refractivity contribution is 5.95. The number of hydrogen-bond acceptors (Lipinski definition) is 5. The van der Waals surface area contributed by atoms with E-state index in [1.54, 1.807) is 6.07 Å². The summed E-state index contributed by atoms with van der Waals surface area (Å²) in [6, 6.07) is 3.52. The molecule has 4 fully saturated rings. The molecule has 2 aliphatic heterocycles. The van der Waals surface area contributed by atoms with Crippen LogP contribution in [0.1, 0.15) is 77.8 Å². The smallest absolute Gasteiger partial charge is 0.274 e. The van der Waals surface area contributed by atoms with Gasteiger partial charge in [-0.15, -0.1) is 0 Å². The van der Waals surface area contributed by atoms with E-state index in [1.165, 1.54) is 6.92 Å². The molecule has 0 radical (unpaired) electrons. The quantitative estimate of drug-likeness (QED) is 0.605. The van der Waals surface area contributed by atoms with Crippen LogP contribution in [0.15, 0.2) is 12.1 Å². The van der Waals surface area contributed by atoms with Gasteiger partial charge in [-0.05, 0) is 87.5 Å². The van der Waals surface area contributed by atoms with Crippen LogP contribution in [-0.2, 0) is 22.6 Å². The molecule has 218 valence electrons. The summed E-state index contributed by atoms with van der Waals surface area (Å²) in [5.74, 6) is 0.769. The van der Waals surface area contributed by atoms with Gasteiger partial charge in [-0.2, -0.15) is 5.10 Å². The zero-order chi connectivity index (χ0) is 28.6. The number of hydrogen-bond donors (Lipinski definition) is 1. The molecule has 1 aromatic carbocycles. The molecule has 5 aliphatic rings. The average molecular weight is 563 g/mol. The predicted molar refractivity (Wildman–Crippen MR) is 151 cm³/mol.